The first kappa shape index (κ1) is 16.1. The van der Waals surface area contributed by atoms with Crippen LogP contribution in [-0.2, 0) is 9.59 Å². The van der Waals surface area contributed by atoms with Gasteiger partial charge in [-0.1, -0.05) is 13.8 Å². The third kappa shape index (κ3) is 7.10. The number of likely N-dealkylation sites (tertiary alicyclic amines) is 1. The molecule has 0 aromatic rings. The van der Waals surface area contributed by atoms with Gasteiger partial charge < -0.3 is 15.0 Å². The molecule has 1 N–H and O–H groups in total. The fraction of sp³-hybridized carbons (Fsp3) is 0.846. The molecule has 0 aliphatic carbocycles. The van der Waals surface area contributed by atoms with Crippen molar-refractivity contribution >= 4 is 12.7 Å². The fourth-order valence-electron chi connectivity index (χ4n) is 1.90. The summed E-state index contributed by atoms with van der Waals surface area (Å²) in [4.78, 5) is 22.0. The largest absolute Gasteiger partial charge is 0.356 e. The summed E-state index contributed by atoms with van der Waals surface area (Å²) in [5, 5.41) is 3.04. The number of hydrogen-bond donors (Lipinski definition) is 1. The Balaban J connectivity index is 0.00000121. The summed E-state index contributed by atoms with van der Waals surface area (Å²) in [6, 6.07) is 0. The Labute approximate surface area is 105 Å². The van der Waals surface area contributed by atoms with Gasteiger partial charge in [-0.3, -0.25) is 4.79 Å². The average molecular weight is 242 g/mol. The van der Waals surface area contributed by atoms with Crippen molar-refractivity contribution in [2.45, 2.75) is 33.1 Å². The molecule has 1 amide bonds. The molecule has 0 aromatic carbocycles. The lowest BCUT2D eigenvalue weighted by Crippen LogP contribution is -2.39. The third-order valence-electron chi connectivity index (χ3n) is 3.11. The Morgan fingerprint density at radius 1 is 1.35 bits per heavy atom. The Morgan fingerprint density at radius 3 is 2.35 bits per heavy atom. The van der Waals surface area contributed by atoms with Crippen LogP contribution in [0.2, 0.25) is 0 Å². The molecule has 4 heteroatoms. The molecule has 0 unspecified atom stereocenters. The zero-order valence-electron chi connectivity index (χ0n) is 11.4. The maximum absolute atomic E-state index is 11.8. The van der Waals surface area contributed by atoms with Crippen LogP contribution in [0.15, 0.2) is 0 Å². The van der Waals surface area contributed by atoms with Crippen molar-refractivity contribution in [3.63, 3.8) is 0 Å². The summed E-state index contributed by atoms with van der Waals surface area (Å²) in [5.41, 5.74) is 0. The number of rotatable bonds is 4. The summed E-state index contributed by atoms with van der Waals surface area (Å²) >= 11 is 0. The number of carbonyl (C=O) groups excluding carboxylic acids is 2. The summed E-state index contributed by atoms with van der Waals surface area (Å²) in [6.45, 7) is 9.32. The summed E-state index contributed by atoms with van der Waals surface area (Å²) in [6.07, 6.45) is 3.12. The van der Waals surface area contributed by atoms with Crippen molar-refractivity contribution < 1.29 is 9.59 Å². The average Bonchev–Trinajstić information content (AvgIpc) is 2.32. The van der Waals surface area contributed by atoms with E-state index in [9.17, 15) is 4.79 Å². The second kappa shape index (κ2) is 9.16. The molecule has 1 aliphatic heterocycles. The van der Waals surface area contributed by atoms with Gasteiger partial charge in [-0.2, -0.15) is 0 Å². The third-order valence-corrected chi connectivity index (χ3v) is 3.11. The second-order valence-electron chi connectivity index (χ2n) is 5.05. The molecule has 0 spiro atoms. The van der Waals surface area contributed by atoms with E-state index in [0.29, 0.717) is 5.92 Å². The van der Waals surface area contributed by atoms with Crippen LogP contribution >= 0.6 is 0 Å². The first-order valence-electron chi connectivity index (χ1n) is 6.34. The van der Waals surface area contributed by atoms with Crippen LogP contribution in [0.1, 0.15) is 33.1 Å². The van der Waals surface area contributed by atoms with Gasteiger partial charge in [0.05, 0.1) is 0 Å². The monoisotopic (exact) mass is 242 g/mol. The lowest BCUT2D eigenvalue weighted by atomic mass is 9.96. The Kier molecular flexibility index (Phi) is 8.68. The molecule has 100 valence electrons. The zero-order chi connectivity index (χ0) is 13.3. The van der Waals surface area contributed by atoms with E-state index in [1.807, 2.05) is 6.79 Å². The van der Waals surface area contributed by atoms with E-state index in [4.69, 9.17) is 4.79 Å². The molecule has 1 aliphatic rings. The number of nitrogens with zero attached hydrogens (tertiary/aromatic N) is 1. The highest BCUT2D eigenvalue weighted by Gasteiger charge is 2.22. The number of nitrogens with one attached hydrogen (secondary N) is 1. The number of amides is 1. The Bertz CT molecular complexity index is 211. The first-order valence-corrected chi connectivity index (χ1v) is 6.34. The molecule has 0 radical (unpaired) electrons. The van der Waals surface area contributed by atoms with Gasteiger partial charge >= 0.3 is 0 Å². The van der Waals surface area contributed by atoms with Crippen LogP contribution in [0.4, 0.5) is 0 Å². The van der Waals surface area contributed by atoms with Crippen molar-refractivity contribution in [2.75, 3.05) is 26.7 Å². The smallest absolute Gasteiger partial charge is 0.223 e. The van der Waals surface area contributed by atoms with E-state index in [1.165, 1.54) is 0 Å². The summed E-state index contributed by atoms with van der Waals surface area (Å²) < 4.78 is 0. The highest BCUT2D eigenvalue weighted by Crippen LogP contribution is 2.15. The highest BCUT2D eigenvalue weighted by molar-refractivity contribution is 5.78. The molecule has 1 heterocycles. The van der Waals surface area contributed by atoms with Crippen molar-refractivity contribution in [2.24, 2.45) is 11.8 Å². The number of piperidine rings is 1. The van der Waals surface area contributed by atoms with E-state index >= 15 is 0 Å². The molecule has 4 nitrogen and oxygen atoms in total. The lowest BCUT2D eigenvalue weighted by Gasteiger charge is -2.28. The van der Waals surface area contributed by atoms with E-state index in [2.05, 4.69) is 31.1 Å². The van der Waals surface area contributed by atoms with Crippen LogP contribution in [0.3, 0.4) is 0 Å². The minimum atomic E-state index is 0.258. The Morgan fingerprint density at radius 2 is 1.88 bits per heavy atom. The van der Waals surface area contributed by atoms with Gasteiger partial charge in [-0.05, 0) is 45.3 Å². The predicted molar refractivity (Wildman–Crippen MR) is 69.8 cm³/mol. The molecular formula is C13H26N2O2. The van der Waals surface area contributed by atoms with Gasteiger partial charge in [0.2, 0.25) is 5.91 Å². The summed E-state index contributed by atoms with van der Waals surface area (Å²) in [5.74, 6) is 1.19. The fourth-order valence-corrected chi connectivity index (χ4v) is 1.90. The molecule has 0 saturated carbocycles. The number of hydrogen-bond acceptors (Lipinski definition) is 3. The van der Waals surface area contributed by atoms with Gasteiger partial charge in [0.25, 0.3) is 0 Å². The minimum Gasteiger partial charge on any atom is -0.356 e. The van der Waals surface area contributed by atoms with Crippen LogP contribution in [0.25, 0.3) is 0 Å². The van der Waals surface area contributed by atoms with Crippen molar-refractivity contribution in [1.82, 2.24) is 10.2 Å². The molecule has 1 fully saturated rings. The molecule has 1 rings (SSSR count). The SMILES string of the molecule is C=O.CC(C)CCNC(=O)C1CCN(C)CC1. The predicted octanol–water partition coefficient (Wildman–Crippen LogP) is 1.31. The zero-order valence-corrected chi connectivity index (χ0v) is 11.4. The van der Waals surface area contributed by atoms with E-state index in [0.717, 1.165) is 38.9 Å². The van der Waals surface area contributed by atoms with Crippen LogP contribution in [0.5, 0.6) is 0 Å². The maximum Gasteiger partial charge on any atom is 0.223 e. The topological polar surface area (TPSA) is 49.4 Å². The molecular weight excluding hydrogens is 216 g/mol. The van der Waals surface area contributed by atoms with E-state index < -0.39 is 0 Å². The van der Waals surface area contributed by atoms with Crippen molar-refractivity contribution in [3.05, 3.63) is 0 Å². The van der Waals surface area contributed by atoms with Crippen molar-refractivity contribution in [3.8, 4) is 0 Å². The standard InChI is InChI=1S/C12H24N2O.CH2O/c1-10(2)4-7-13-12(15)11-5-8-14(3)9-6-11;1-2/h10-11H,4-9H2,1-3H3,(H,13,15);1H2. The minimum absolute atomic E-state index is 0.258. The van der Waals surface area contributed by atoms with Gasteiger partial charge in [0.1, 0.15) is 6.79 Å². The van der Waals surface area contributed by atoms with Gasteiger partial charge in [-0.15, -0.1) is 0 Å². The van der Waals surface area contributed by atoms with Gasteiger partial charge in [0, 0.05) is 12.5 Å². The first-order chi connectivity index (χ1) is 8.09. The number of carbonyl (C=O) groups is 2. The van der Waals surface area contributed by atoms with E-state index in [1.54, 1.807) is 0 Å². The second-order valence-corrected chi connectivity index (χ2v) is 5.05. The molecule has 1 saturated heterocycles. The van der Waals surface area contributed by atoms with Crippen LogP contribution < -0.4 is 5.32 Å². The van der Waals surface area contributed by atoms with Crippen molar-refractivity contribution in [1.29, 1.82) is 0 Å². The quantitative estimate of drug-likeness (QED) is 0.808. The van der Waals surface area contributed by atoms with Crippen LogP contribution in [-0.4, -0.2) is 44.3 Å². The summed E-state index contributed by atoms with van der Waals surface area (Å²) in [7, 11) is 2.12. The highest BCUT2D eigenvalue weighted by atomic mass is 16.1. The Hall–Kier alpha value is -0.900. The molecule has 0 bridgehead atoms. The lowest BCUT2D eigenvalue weighted by molar-refractivity contribution is -0.126. The van der Waals surface area contributed by atoms with Gasteiger partial charge in [0.15, 0.2) is 0 Å². The molecule has 17 heavy (non-hydrogen) atoms. The van der Waals surface area contributed by atoms with Crippen LogP contribution in [0, 0.1) is 11.8 Å². The van der Waals surface area contributed by atoms with Gasteiger partial charge in [-0.25, -0.2) is 0 Å². The normalized spacial score (nSPS) is 17.4. The van der Waals surface area contributed by atoms with E-state index in [-0.39, 0.29) is 11.8 Å². The maximum atomic E-state index is 11.8. The molecule has 0 aromatic heterocycles. The molecule has 0 atom stereocenters.